The fraction of sp³-hybridized carbons (Fsp3) is 0.167. The lowest BCUT2D eigenvalue weighted by atomic mass is 10.2. The molecule has 142 valence electrons. The normalized spacial score (nSPS) is 12.1. The average molecular weight is 424 g/mol. The molecule has 0 unspecified atom stereocenters. The van der Waals surface area contributed by atoms with E-state index in [0.29, 0.717) is 0 Å². The second-order valence-electron chi connectivity index (χ2n) is 6.09. The molecule has 0 saturated heterocycles. The van der Waals surface area contributed by atoms with Crippen LogP contribution in [0.4, 0.5) is 0 Å². The summed E-state index contributed by atoms with van der Waals surface area (Å²) in [5, 5.41) is 3.04. The molecule has 0 spiro atoms. The Labute approximate surface area is 162 Å². The van der Waals surface area contributed by atoms with Gasteiger partial charge in [0.05, 0.1) is 20.2 Å². The van der Waals surface area contributed by atoms with Crippen molar-refractivity contribution in [2.75, 3.05) is 12.5 Å². The number of carbonyl (C=O) groups is 1. The molecule has 3 aromatic rings. The van der Waals surface area contributed by atoms with Crippen LogP contribution in [-0.4, -0.2) is 31.1 Å². The summed E-state index contributed by atoms with van der Waals surface area (Å²) < 4.78 is 45.9. The van der Waals surface area contributed by atoms with Crippen LogP contribution in [-0.2, 0) is 31.1 Å². The minimum absolute atomic E-state index is 0.0791. The molecule has 3 rings (SSSR count). The van der Waals surface area contributed by atoms with E-state index in [-0.39, 0.29) is 17.1 Å². The van der Waals surface area contributed by atoms with E-state index in [1.54, 1.807) is 11.3 Å². The first-order valence-electron chi connectivity index (χ1n) is 7.81. The summed E-state index contributed by atoms with van der Waals surface area (Å²) in [5.74, 6) is -0.644. The predicted molar refractivity (Wildman–Crippen MR) is 107 cm³/mol. The highest BCUT2D eigenvalue weighted by molar-refractivity contribution is 8.02. The summed E-state index contributed by atoms with van der Waals surface area (Å²) in [6, 6.07) is 13.1. The Hall–Kier alpha value is -2.23. The van der Waals surface area contributed by atoms with Crippen molar-refractivity contribution in [1.29, 1.82) is 0 Å². The van der Waals surface area contributed by atoms with Crippen molar-refractivity contribution in [3.8, 4) is 0 Å². The van der Waals surface area contributed by atoms with Gasteiger partial charge in [-0.25, -0.2) is 9.00 Å². The smallest absolute Gasteiger partial charge is 0.338 e. The third-order valence-electron chi connectivity index (χ3n) is 3.56. The average Bonchev–Trinajstić information content (AvgIpc) is 3.07. The lowest BCUT2D eigenvalue weighted by molar-refractivity contribution is 0.0474. The Bertz CT molecular complexity index is 1230. The van der Waals surface area contributed by atoms with Gasteiger partial charge in [0.15, 0.2) is 0 Å². The Morgan fingerprint density at radius 3 is 2.56 bits per heavy atom. The van der Waals surface area contributed by atoms with Crippen LogP contribution in [0.1, 0.15) is 15.9 Å². The van der Waals surface area contributed by atoms with E-state index in [2.05, 4.69) is 3.77 Å². The second-order valence-corrected chi connectivity index (χ2v) is 11.4. The Morgan fingerprint density at radius 2 is 1.81 bits per heavy atom. The second kappa shape index (κ2) is 7.41. The van der Waals surface area contributed by atoms with Gasteiger partial charge >= 0.3 is 5.97 Å². The minimum atomic E-state index is -4.12. The first kappa shape index (κ1) is 19.5. The largest absolute Gasteiger partial charge is 0.457 e. The molecule has 0 aliphatic rings. The monoisotopic (exact) mass is 423 g/mol. The van der Waals surface area contributed by atoms with Crippen molar-refractivity contribution in [3.05, 3.63) is 65.0 Å². The molecular weight excluding hydrogens is 406 g/mol. The van der Waals surface area contributed by atoms with Crippen molar-refractivity contribution in [1.82, 2.24) is 0 Å². The topological polar surface area (TPSA) is 89.9 Å². The molecule has 2 aromatic carbocycles. The predicted octanol–water partition coefficient (Wildman–Crippen LogP) is 3.67. The van der Waals surface area contributed by atoms with Gasteiger partial charge in [0.25, 0.3) is 10.0 Å². The van der Waals surface area contributed by atoms with E-state index in [9.17, 15) is 17.4 Å². The number of esters is 1. The molecule has 1 heterocycles. The van der Waals surface area contributed by atoms with Gasteiger partial charge in [-0.2, -0.15) is 8.42 Å². The summed E-state index contributed by atoms with van der Waals surface area (Å²) in [7, 11) is -6.97. The number of nitrogens with zero attached hydrogens (tertiary/aromatic N) is 1. The summed E-state index contributed by atoms with van der Waals surface area (Å²) in [4.78, 5) is 12.2. The van der Waals surface area contributed by atoms with Gasteiger partial charge in [-0.1, -0.05) is 24.3 Å². The highest BCUT2D eigenvalue weighted by Gasteiger charge is 2.17. The lowest BCUT2D eigenvalue weighted by Crippen LogP contribution is -2.08. The Morgan fingerprint density at radius 1 is 1.07 bits per heavy atom. The lowest BCUT2D eigenvalue weighted by Gasteiger charge is -2.07. The maximum Gasteiger partial charge on any atom is 0.338 e. The van der Waals surface area contributed by atoms with E-state index in [4.69, 9.17) is 4.74 Å². The van der Waals surface area contributed by atoms with Gasteiger partial charge in [-0.3, -0.25) is 0 Å². The summed E-state index contributed by atoms with van der Waals surface area (Å²) in [6.07, 6.45) is 2.46. The number of benzene rings is 2. The molecule has 9 heteroatoms. The number of sulfonamides is 1. The first-order valence-corrected chi connectivity index (χ1v) is 12.5. The quantitative estimate of drug-likeness (QED) is 0.584. The fourth-order valence-electron chi connectivity index (χ4n) is 2.46. The molecule has 0 atom stereocenters. The molecule has 0 fully saturated rings. The van der Waals surface area contributed by atoms with E-state index < -0.39 is 25.7 Å². The number of thiophene rings is 1. The summed E-state index contributed by atoms with van der Waals surface area (Å²) in [5.41, 5.74) is 0.967. The number of carbonyl (C=O) groups excluding carboxylic acids is 1. The zero-order valence-corrected chi connectivity index (χ0v) is 17.1. The molecule has 0 amide bonds. The number of hydrogen-bond acceptors (Lipinski definition) is 6. The van der Waals surface area contributed by atoms with Crippen LogP contribution in [0.2, 0.25) is 0 Å². The van der Waals surface area contributed by atoms with Crippen LogP contribution in [0.15, 0.2) is 62.6 Å². The van der Waals surface area contributed by atoms with Crippen molar-refractivity contribution in [2.45, 2.75) is 11.5 Å². The molecule has 27 heavy (non-hydrogen) atoms. The van der Waals surface area contributed by atoms with Gasteiger partial charge in [0.1, 0.15) is 6.61 Å². The van der Waals surface area contributed by atoms with Crippen molar-refractivity contribution in [2.24, 2.45) is 3.77 Å². The van der Waals surface area contributed by atoms with E-state index in [0.717, 1.165) is 15.6 Å². The number of ether oxygens (including phenoxy) is 1. The van der Waals surface area contributed by atoms with Crippen molar-refractivity contribution < 1.29 is 22.2 Å². The molecule has 0 aliphatic heterocycles. The molecule has 0 saturated carbocycles. The third kappa shape index (κ3) is 4.74. The van der Waals surface area contributed by atoms with Gasteiger partial charge in [-0.05, 0) is 35.0 Å². The van der Waals surface area contributed by atoms with Crippen molar-refractivity contribution >= 4 is 47.1 Å². The molecular formula is C18H17NO5S3. The molecule has 0 radical (unpaired) electrons. The van der Waals surface area contributed by atoms with Crippen LogP contribution in [0.5, 0.6) is 0 Å². The minimum Gasteiger partial charge on any atom is -0.457 e. The van der Waals surface area contributed by atoms with Crippen LogP contribution < -0.4 is 0 Å². The Balaban J connectivity index is 1.82. The highest BCUT2D eigenvalue weighted by atomic mass is 32.3. The van der Waals surface area contributed by atoms with Crippen LogP contribution in [0.25, 0.3) is 10.1 Å². The van der Waals surface area contributed by atoms with Crippen LogP contribution in [0, 0.1) is 0 Å². The van der Waals surface area contributed by atoms with E-state index in [1.807, 2.05) is 29.6 Å². The molecule has 1 aromatic heterocycles. The van der Waals surface area contributed by atoms with Gasteiger partial charge in [0.2, 0.25) is 0 Å². The first-order chi connectivity index (χ1) is 12.7. The van der Waals surface area contributed by atoms with Crippen LogP contribution >= 0.6 is 11.3 Å². The zero-order chi connectivity index (χ0) is 19.7. The zero-order valence-electron chi connectivity index (χ0n) is 14.6. The summed E-state index contributed by atoms with van der Waals surface area (Å²) >= 11 is 1.56. The van der Waals surface area contributed by atoms with E-state index in [1.165, 1.54) is 36.8 Å². The van der Waals surface area contributed by atoms with Gasteiger partial charge in [0, 0.05) is 22.8 Å². The van der Waals surface area contributed by atoms with E-state index >= 15 is 0 Å². The number of rotatable bonds is 5. The van der Waals surface area contributed by atoms with Crippen molar-refractivity contribution in [3.63, 3.8) is 0 Å². The SMILES string of the molecule is CS(C)(=O)=NS(=O)(=O)c1cccc(C(=O)OCc2cccc3ccsc23)c1. The number of fused-ring (bicyclic) bond motifs is 1. The fourth-order valence-corrected chi connectivity index (χ4v) is 6.12. The third-order valence-corrected chi connectivity index (χ3v) is 7.64. The maximum absolute atomic E-state index is 12.4. The summed E-state index contributed by atoms with van der Waals surface area (Å²) in [6.45, 7) is 0.0791. The molecule has 0 bridgehead atoms. The van der Waals surface area contributed by atoms with Gasteiger partial charge in [-0.15, -0.1) is 15.1 Å². The maximum atomic E-state index is 12.4. The van der Waals surface area contributed by atoms with Crippen LogP contribution in [0.3, 0.4) is 0 Å². The standard InChI is InChI=1S/C18H17NO5S3/c1-26(2,21)19-27(22,23)16-8-4-6-14(11-16)18(20)24-12-15-7-3-5-13-9-10-25-17(13)15/h3-11H,12H2,1-2H3. The highest BCUT2D eigenvalue weighted by Crippen LogP contribution is 2.25. The molecule has 0 N–H and O–H groups in total. The Kier molecular flexibility index (Phi) is 5.36. The van der Waals surface area contributed by atoms with Gasteiger partial charge < -0.3 is 4.74 Å². The molecule has 0 aliphatic carbocycles. The number of hydrogen-bond donors (Lipinski definition) is 0. The molecule has 6 nitrogen and oxygen atoms in total.